The zero-order valence-corrected chi connectivity index (χ0v) is 9.89. The maximum absolute atomic E-state index is 9.65. The Hall–Kier alpha value is -1.80. The van der Waals surface area contributed by atoms with Gasteiger partial charge in [0.15, 0.2) is 0 Å². The van der Waals surface area contributed by atoms with E-state index in [1.807, 2.05) is 49.4 Å². The Bertz CT molecular complexity index is 478. The third kappa shape index (κ3) is 3.33. The van der Waals surface area contributed by atoms with E-state index in [0.717, 1.165) is 16.7 Å². The van der Waals surface area contributed by atoms with E-state index in [-0.39, 0.29) is 0 Å². The van der Waals surface area contributed by atoms with Crippen molar-refractivity contribution in [1.82, 2.24) is 0 Å². The molecule has 17 heavy (non-hydrogen) atoms. The van der Waals surface area contributed by atoms with Crippen molar-refractivity contribution in [1.29, 1.82) is 0 Å². The van der Waals surface area contributed by atoms with Crippen molar-refractivity contribution in [3.63, 3.8) is 0 Å². The summed E-state index contributed by atoms with van der Waals surface area (Å²) < 4.78 is 5.58. The standard InChI is InChI=1S/C15H16O2/c1-12-7-8-15(16)14(9-12)11-17-10-13-5-3-2-4-6-13/h2-9,16H,10-11H2,1H3. The maximum atomic E-state index is 9.65. The van der Waals surface area contributed by atoms with Gasteiger partial charge in [-0.05, 0) is 18.6 Å². The van der Waals surface area contributed by atoms with Crippen LogP contribution in [-0.4, -0.2) is 5.11 Å². The number of phenolic OH excluding ortho intramolecular Hbond substituents is 1. The molecule has 0 radical (unpaired) electrons. The average Bonchev–Trinajstić information content (AvgIpc) is 2.35. The lowest BCUT2D eigenvalue weighted by Gasteiger charge is -2.07. The van der Waals surface area contributed by atoms with Crippen LogP contribution in [0.5, 0.6) is 5.75 Å². The summed E-state index contributed by atoms with van der Waals surface area (Å²) in [5.41, 5.74) is 3.10. The molecule has 2 aromatic rings. The van der Waals surface area contributed by atoms with Crippen molar-refractivity contribution in [3.8, 4) is 5.75 Å². The predicted molar refractivity (Wildman–Crippen MR) is 67.8 cm³/mol. The zero-order valence-electron chi connectivity index (χ0n) is 9.89. The minimum atomic E-state index is 0.295. The van der Waals surface area contributed by atoms with Crippen molar-refractivity contribution < 1.29 is 9.84 Å². The molecule has 2 nitrogen and oxygen atoms in total. The molecule has 0 heterocycles. The third-order valence-electron chi connectivity index (χ3n) is 2.60. The molecule has 1 N–H and O–H groups in total. The molecule has 0 saturated heterocycles. The summed E-state index contributed by atoms with van der Waals surface area (Å²) in [5.74, 6) is 0.295. The first kappa shape index (κ1) is 11.7. The smallest absolute Gasteiger partial charge is 0.121 e. The number of rotatable bonds is 4. The normalized spacial score (nSPS) is 10.4. The number of aryl methyl sites for hydroxylation is 1. The second kappa shape index (κ2) is 5.51. The third-order valence-corrected chi connectivity index (χ3v) is 2.60. The topological polar surface area (TPSA) is 29.5 Å². The van der Waals surface area contributed by atoms with Crippen LogP contribution in [0.15, 0.2) is 48.5 Å². The molecule has 0 amide bonds. The Labute approximate surface area is 101 Å². The molecule has 0 bridgehead atoms. The van der Waals surface area contributed by atoms with Crippen LogP contribution in [0.25, 0.3) is 0 Å². The summed E-state index contributed by atoms with van der Waals surface area (Å²) in [4.78, 5) is 0. The van der Waals surface area contributed by atoms with Crippen LogP contribution >= 0.6 is 0 Å². The van der Waals surface area contributed by atoms with Gasteiger partial charge in [0.1, 0.15) is 5.75 Å². The molecule has 0 aliphatic rings. The molecule has 0 saturated carbocycles. The van der Waals surface area contributed by atoms with Crippen LogP contribution in [0.3, 0.4) is 0 Å². The predicted octanol–water partition coefficient (Wildman–Crippen LogP) is 3.42. The first-order valence-electron chi connectivity index (χ1n) is 5.66. The molecule has 88 valence electrons. The highest BCUT2D eigenvalue weighted by Gasteiger charge is 2.01. The molecular weight excluding hydrogens is 212 g/mol. The highest BCUT2D eigenvalue weighted by atomic mass is 16.5. The van der Waals surface area contributed by atoms with Crippen molar-refractivity contribution in [2.75, 3.05) is 0 Å². The second-order valence-corrected chi connectivity index (χ2v) is 4.11. The van der Waals surface area contributed by atoms with Gasteiger partial charge in [-0.15, -0.1) is 0 Å². The lowest BCUT2D eigenvalue weighted by Crippen LogP contribution is -1.94. The van der Waals surface area contributed by atoms with Gasteiger partial charge in [0.25, 0.3) is 0 Å². The SMILES string of the molecule is Cc1ccc(O)c(COCc2ccccc2)c1. The van der Waals surface area contributed by atoms with Gasteiger partial charge < -0.3 is 9.84 Å². The molecule has 2 heteroatoms. The molecule has 0 aliphatic heterocycles. The highest BCUT2D eigenvalue weighted by molar-refractivity contribution is 5.35. The van der Waals surface area contributed by atoms with Crippen LogP contribution in [0.4, 0.5) is 0 Å². The van der Waals surface area contributed by atoms with E-state index in [0.29, 0.717) is 19.0 Å². The first-order chi connectivity index (χ1) is 8.25. The first-order valence-corrected chi connectivity index (χ1v) is 5.66. The second-order valence-electron chi connectivity index (χ2n) is 4.11. The minimum Gasteiger partial charge on any atom is -0.508 e. The van der Waals surface area contributed by atoms with Crippen LogP contribution in [0.2, 0.25) is 0 Å². The van der Waals surface area contributed by atoms with Crippen LogP contribution in [-0.2, 0) is 18.0 Å². The Morgan fingerprint density at radius 1 is 1.00 bits per heavy atom. The Morgan fingerprint density at radius 2 is 1.76 bits per heavy atom. The maximum Gasteiger partial charge on any atom is 0.121 e. The molecule has 0 aliphatic carbocycles. The lowest BCUT2D eigenvalue weighted by molar-refractivity contribution is 0.105. The molecule has 0 unspecified atom stereocenters. The van der Waals surface area contributed by atoms with E-state index >= 15 is 0 Å². The van der Waals surface area contributed by atoms with E-state index in [9.17, 15) is 5.11 Å². The van der Waals surface area contributed by atoms with Crippen molar-refractivity contribution >= 4 is 0 Å². The molecule has 2 aromatic carbocycles. The number of hydrogen-bond donors (Lipinski definition) is 1. The Morgan fingerprint density at radius 3 is 2.53 bits per heavy atom. The molecular formula is C15H16O2. The van der Waals surface area contributed by atoms with E-state index in [1.54, 1.807) is 6.07 Å². The number of benzene rings is 2. The van der Waals surface area contributed by atoms with Gasteiger partial charge in [0.2, 0.25) is 0 Å². The molecule has 0 spiro atoms. The van der Waals surface area contributed by atoms with Gasteiger partial charge in [-0.2, -0.15) is 0 Å². The number of ether oxygens (including phenoxy) is 1. The summed E-state index contributed by atoms with van der Waals surface area (Å²) in [6.07, 6.45) is 0. The summed E-state index contributed by atoms with van der Waals surface area (Å²) in [6.45, 7) is 3.00. The molecule has 2 rings (SSSR count). The van der Waals surface area contributed by atoms with E-state index in [2.05, 4.69) is 0 Å². The van der Waals surface area contributed by atoms with Gasteiger partial charge in [-0.3, -0.25) is 0 Å². The largest absolute Gasteiger partial charge is 0.508 e. The van der Waals surface area contributed by atoms with Crippen LogP contribution in [0, 0.1) is 6.92 Å². The minimum absolute atomic E-state index is 0.295. The van der Waals surface area contributed by atoms with Gasteiger partial charge in [-0.1, -0.05) is 48.0 Å². The Balaban J connectivity index is 1.92. The fraction of sp³-hybridized carbons (Fsp3) is 0.200. The molecule has 0 aromatic heterocycles. The number of hydrogen-bond acceptors (Lipinski definition) is 2. The van der Waals surface area contributed by atoms with E-state index in [4.69, 9.17) is 4.74 Å². The molecule has 0 fully saturated rings. The average molecular weight is 228 g/mol. The highest BCUT2D eigenvalue weighted by Crippen LogP contribution is 2.19. The van der Waals surface area contributed by atoms with E-state index < -0.39 is 0 Å². The summed E-state index contributed by atoms with van der Waals surface area (Å²) in [5, 5.41) is 9.65. The number of aromatic hydroxyl groups is 1. The van der Waals surface area contributed by atoms with Gasteiger partial charge >= 0.3 is 0 Å². The summed E-state index contributed by atoms with van der Waals surface area (Å²) >= 11 is 0. The zero-order chi connectivity index (χ0) is 12.1. The van der Waals surface area contributed by atoms with Gasteiger partial charge in [-0.25, -0.2) is 0 Å². The molecule has 0 atom stereocenters. The monoisotopic (exact) mass is 228 g/mol. The fourth-order valence-electron chi connectivity index (χ4n) is 1.68. The van der Waals surface area contributed by atoms with Gasteiger partial charge in [0, 0.05) is 5.56 Å². The van der Waals surface area contributed by atoms with Crippen LogP contribution < -0.4 is 0 Å². The van der Waals surface area contributed by atoms with Crippen molar-refractivity contribution in [2.45, 2.75) is 20.1 Å². The summed E-state index contributed by atoms with van der Waals surface area (Å²) in [6, 6.07) is 15.5. The summed E-state index contributed by atoms with van der Waals surface area (Å²) in [7, 11) is 0. The quantitative estimate of drug-likeness (QED) is 0.868. The van der Waals surface area contributed by atoms with Gasteiger partial charge in [0.05, 0.1) is 13.2 Å². The fourth-order valence-corrected chi connectivity index (χ4v) is 1.68. The number of phenols is 1. The lowest BCUT2D eigenvalue weighted by atomic mass is 10.1. The van der Waals surface area contributed by atoms with Crippen molar-refractivity contribution in [3.05, 3.63) is 65.2 Å². The van der Waals surface area contributed by atoms with E-state index in [1.165, 1.54) is 0 Å². The Kier molecular flexibility index (Phi) is 3.78. The van der Waals surface area contributed by atoms with Crippen molar-refractivity contribution in [2.24, 2.45) is 0 Å². The van der Waals surface area contributed by atoms with Crippen LogP contribution in [0.1, 0.15) is 16.7 Å².